The van der Waals surface area contributed by atoms with Gasteiger partial charge in [0.25, 0.3) is 0 Å². The Hall–Kier alpha value is -1.10. The van der Waals surface area contributed by atoms with E-state index in [1.165, 1.54) is 0 Å². The molecule has 0 aromatic heterocycles. The van der Waals surface area contributed by atoms with Crippen LogP contribution >= 0.6 is 11.6 Å². The van der Waals surface area contributed by atoms with Gasteiger partial charge in [-0.3, -0.25) is 9.69 Å². The highest BCUT2D eigenvalue weighted by Crippen LogP contribution is 2.09. The van der Waals surface area contributed by atoms with Crippen LogP contribution in [0.3, 0.4) is 0 Å². The highest BCUT2D eigenvalue weighted by molar-refractivity contribution is 6.30. The van der Waals surface area contributed by atoms with Crippen molar-refractivity contribution >= 4 is 17.5 Å². The van der Waals surface area contributed by atoms with Gasteiger partial charge in [-0.05, 0) is 38.1 Å². The number of amides is 1. The van der Waals surface area contributed by atoms with Gasteiger partial charge in [0, 0.05) is 18.1 Å². The van der Waals surface area contributed by atoms with Crippen molar-refractivity contribution in [3.8, 4) is 0 Å². The van der Waals surface area contributed by atoms with E-state index in [-0.39, 0.29) is 12.5 Å². The van der Waals surface area contributed by atoms with Crippen molar-refractivity contribution < 1.29 is 9.90 Å². The molecule has 0 spiro atoms. The van der Waals surface area contributed by atoms with Crippen LogP contribution in [0.1, 0.15) is 26.3 Å². The average Bonchev–Trinajstić information content (AvgIpc) is 2.35. The number of aliphatic hydroxyl groups is 1. The number of rotatable bonds is 7. The number of carbonyl (C=O) groups is 1. The molecule has 1 aromatic rings. The lowest BCUT2D eigenvalue weighted by atomic mass is 10.1. The molecule has 1 amide bonds. The Labute approximate surface area is 125 Å². The van der Waals surface area contributed by atoms with Gasteiger partial charge in [-0.25, -0.2) is 0 Å². The highest BCUT2D eigenvalue weighted by atomic mass is 35.5. The van der Waals surface area contributed by atoms with E-state index in [0.29, 0.717) is 18.1 Å². The summed E-state index contributed by atoms with van der Waals surface area (Å²) in [7, 11) is 0. The third-order valence-corrected chi connectivity index (χ3v) is 3.08. The first-order valence-electron chi connectivity index (χ1n) is 6.76. The van der Waals surface area contributed by atoms with E-state index in [9.17, 15) is 9.90 Å². The number of halogens is 1. The summed E-state index contributed by atoms with van der Waals surface area (Å²) in [4.78, 5) is 13.8. The van der Waals surface area contributed by atoms with Gasteiger partial charge in [-0.15, -0.1) is 0 Å². The maximum absolute atomic E-state index is 11.9. The second kappa shape index (κ2) is 7.62. The minimum Gasteiger partial charge on any atom is -0.389 e. The lowest BCUT2D eigenvalue weighted by Gasteiger charge is -2.27. The van der Waals surface area contributed by atoms with Gasteiger partial charge in [0.1, 0.15) is 0 Å². The van der Waals surface area contributed by atoms with Crippen LogP contribution < -0.4 is 5.32 Å². The van der Waals surface area contributed by atoms with Crippen molar-refractivity contribution in [1.29, 1.82) is 0 Å². The Morgan fingerprint density at radius 2 is 1.95 bits per heavy atom. The van der Waals surface area contributed by atoms with Crippen LogP contribution in [0.25, 0.3) is 0 Å². The summed E-state index contributed by atoms with van der Waals surface area (Å²) in [6, 6.07) is 7.37. The van der Waals surface area contributed by atoms with Gasteiger partial charge in [0.2, 0.25) is 5.91 Å². The molecule has 4 nitrogen and oxygen atoms in total. The quantitative estimate of drug-likeness (QED) is 0.810. The molecule has 20 heavy (non-hydrogen) atoms. The fourth-order valence-corrected chi connectivity index (χ4v) is 2.01. The molecule has 1 aromatic carbocycles. The number of nitrogens with one attached hydrogen (secondary N) is 1. The standard InChI is InChI=1S/C15H23ClN2O2/c1-4-18(11-15(2,3)20)10-14(19)17-9-12-5-7-13(16)8-6-12/h5-8,20H,4,9-11H2,1-3H3,(H,17,19). The molecule has 0 aliphatic heterocycles. The molecular formula is C15H23ClN2O2. The monoisotopic (exact) mass is 298 g/mol. The zero-order valence-electron chi connectivity index (χ0n) is 12.3. The lowest BCUT2D eigenvalue weighted by molar-refractivity contribution is -0.123. The molecule has 1 rings (SSSR count). The van der Waals surface area contributed by atoms with Gasteiger partial charge >= 0.3 is 0 Å². The van der Waals surface area contributed by atoms with Crippen molar-refractivity contribution in [2.45, 2.75) is 32.9 Å². The molecule has 0 bridgehead atoms. The van der Waals surface area contributed by atoms with E-state index in [0.717, 1.165) is 12.1 Å². The summed E-state index contributed by atoms with van der Waals surface area (Å²) >= 11 is 5.81. The van der Waals surface area contributed by atoms with Crippen LogP contribution in [-0.4, -0.2) is 41.1 Å². The second-order valence-corrected chi connectivity index (χ2v) is 5.96. The fourth-order valence-electron chi connectivity index (χ4n) is 1.89. The van der Waals surface area contributed by atoms with Gasteiger partial charge in [0.15, 0.2) is 0 Å². The van der Waals surface area contributed by atoms with Crippen LogP contribution in [0.2, 0.25) is 5.02 Å². The Balaban J connectivity index is 2.40. The summed E-state index contributed by atoms with van der Waals surface area (Å²) in [5.41, 5.74) is 0.209. The fraction of sp³-hybridized carbons (Fsp3) is 0.533. The highest BCUT2D eigenvalue weighted by Gasteiger charge is 2.18. The van der Waals surface area contributed by atoms with Crippen molar-refractivity contribution in [3.63, 3.8) is 0 Å². The number of hydrogen-bond donors (Lipinski definition) is 2. The molecule has 0 aliphatic carbocycles. The first-order chi connectivity index (χ1) is 9.30. The van der Waals surface area contributed by atoms with Crippen molar-refractivity contribution in [2.75, 3.05) is 19.6 Å². The van der Waals surface area contributed by atoms with Gasteiger partial charge in [0.05, 0.1) is 12.1 Å². The minimum atomic E-state index is -0.799. The lowest BCUT2D eigenvalue weighted by Crippen LogP contribution is -2.43. The largest absolute Gasteiger partial charge is 0.389 e. The predicted molar refractivity (Wildman–Crippen MR) is 81.7 cm³/mol. The van der Waals surface area contributed by atoms with Gasteiger partial charge in [-0.2, -0.15) is 0 Å². The maximum Gasteiger partial charge on any atom is 0.234 e. The number of likely N-dealkylation sites (N-methyl/N-ethyl adjacent to an activating group) is 1. The maximum atomic E-state index is 11.9. The van der Waals surface area contributed by atoms with Crippen LogP contribution in [0, 0.1) is 0 Å². The molecule has 0 unspecified atom stereocenters. The number of benzene rings is 1. The van der Waals surface area contributed by atoms with Crippen molar-refractivity contribution in [3.05, 3.63) is 34.9 Å². The molecule has 5 heteroatoms. The molecule has 0 saturated carbocycles. The van der Waals surface area contributed by atoms with E-state index in [1.807, 2.05) is 24.0 Å². The number of carbonyl (C=O) groups excluding carboxylic acids is 1. The zero-order valence-corrected chi connectivity index (χ0v) is 13.1. The summed E-state index contributed by atoms with van der Waals surface area (Å²) in [5, 5.41) is 13.3. The zero-order chi connectivity index (χ0) is 15.2. The predicted octanol–water partition coefficient (Wildman–Crippen LogP) is 2.05. The van der Waals surface area contributed by atoms with E-state index in [4.69, 9.17) is 11.6 Å². The molecule has 0 radical (unpaired) electrons. The average molecular weight is 299 g/mol. The third kappa shape index (κ3) is 6.89. The van der Waals surface area contributed by atoms with Crippen LogP contribution in [-0.2, 0) is 11.3 Å². The molecule has 0 fully saturated rings. The summed E-state index contributed by atoms with van der Waals surface area (Å²) in [5.74, 6) is -0.0500. The smallest absolute Gasteiger partial charge is 0.234 e. The topological polar surface area (TPSA) is 52.6 Å². The molecule has 2 N–H and O–H groups in total. The molecule has 0 atom stereocenters. The molecular weight excluding hydrogens is 276 g/mol. The van der Waals surface area contributed by atoms with Crippen LogP contribution in [0.4, 0.5) is 0 Å². The summed E-state index contributed by atoms with van der Waals surface area (Å²) in [6.45, 7) is 7.40. The van der Waals surface area contributed by atoms with E-state index in [2.05, 4.69) is 5.32 Å². The van der Waals surface area contributed by atoms with Crippen LogP contribution in [0.5, 0.6) is 0 Å². The molecule has 0 saturated heterocycles. The number of nitrogens with zero attached hydrogens (tertiary/aromatic N) is 1. The van der Waals surface area contributed by atoms with Gasteiger partial charge in [-0.1, -0.05) is 30.7 Å². The van der Waals surface area contributed by atoms with E-state index < -0.39 is 5.60 Å². The summed E-state index contributed by atoms with van der Waals surface area (Å²) in [6.07, 6.45) is 0. The van der Waals surface area contributed by atoms with Crippen molar-refractivity contribution in [2.24, 2.45) is 0 Å². The summed E-state index contributed by atoms with van der Waals surface area (Å²) < 4.78 is 0. The normalized spacial score (nSPS) is 11.7. The minimum absolute atomic E-state index is 0.0500. The first-order valence-corrected chi connectivity index (χ1v) is 7.14. The Kier molecular flexibility index (Phi) is 6.46. The molecule has 112 valence electrons. The Bertz CT molecular complexity index is 426. The Morgan fingerprint density at radius 1 is 1.35 bits per heavy atom. The number of hydrogen-bond acceptors (Lipinski definition) is 3. The molecule has 0 heterocycles. The van der Waals surface area contributed by atoms with E-state index in [1.54, 1.807) is 26.0 Å². The Morgan fingerprint density at radius 3 is 2.45 bits per heavy atom. The molecule has 0 aliphatic rings. The SMILES string of the molecule is CCN(CC(=O)NCc1ccc(Cl)cc1)CC(C)(C)O. The van der Waals surface area contributed by atoms with E-state index >= 15 is 0 Å². The van der Waals surface area contributed by atoms with Gasteiger partial charge < -0.3 is 10.4 Å². The van der Waals surface area contributed by atoms with Crippen LogP contribution in [0.15, 0.2) is 24.3 Å². The third-order valence-electron chi connectivity index (χ3n) is 2.83. The second-order valence-electron chi connectivity index (χ2n) is 5.52. The van der Waals surface area contributed by atoms with Crippen molar-refractivity contribution in [1.82, 2.24) is 10.2 Å². The first kappa shape index (κ1) is 17.0.